The van der Waals surface area contributed by atoms with E-state index >= 15 is 0 Å². The molecule has 0 aliphatic rings. The summed E-state index contributed by atoms with van der Waals surface area (Å²) in [6.45, 7) is 0. The van der Waals surface area contributed by atoms with E-state index in [-0.39, 0.29) is 16.2 Å². The van der Waals surface area contributed by atoms with Gasteiger partial charge in [0.2, 0.25) is 10.0 Å². The summed E-state index contributed by atoms with van der Waals surface area (Å²) in [6.07, 6.45) is 0. The Bertz CT molecular complexity index is 551. The van der Waals surface area contributed by atoms with Crippen LogP contribution in [0.25, 0.3) is 0 Å². The van der Waals surface area contributed by atoms with Gasteiger partial charge in [-0.15, -0.1) is 0 Å². The van der Waals surface area contributed by atoms with Crippen LogP contribution in [0.5, 0.6) is 5.75 Å². The molecule has 7 heteroatoms. The Kier molecular flexibility index (Phi) is 4.31. The Morgan fingerprint density at radius 2 is 1.83 bits per heavy atom. The first-order valence-corrected chi connectivity index (χ1v) is 6.47. The van der Waals surface area contributed by atoms with Crippen molar-refractivity contribution in [3.05, 3.63) is 23.8 Å². The van der Waals surface area contributed by atoms with Crippen molar-refractivity contribution >= 4 is 16.0 Å². The van der Waals surface area contributed by atoms with Crippen LogP contribution in [0.15, 0.2) is 23.1 Å². The second kappa shape index (κ2) is 5.36. The minimum atomic E-state index is -3.68. The van der Waals surface area contributed by atoms with E-state index in [1.807, 2.05) is 0 Å². The smallest absolute Gasteiger partial charge is 0.337 e. The lowest BCUT2D eigenvalue weighted by molar-refractivity contribution is 0.0600. The summed E-state index contributed by atoms with van der Waals surface area (Å²) in [5.74, 6) is -0.427. The lowest BCUT2D eigenvalue weighted by Crippen LogP contribution is -2.23. The summed E-state index contributed by atoms with van der Waals surface area (Å²) in [5.41, 5.74) is 0.152. The summed E-state index contributed by atoms with van der Waals surface area (Å²) in [4.78, 5) is 11.3. The predicted octanol–water partition coefficient (Wildman–Crippen LogP) is 0.732. The lowest BCUT2D eigenvalue weighted by Gasteiger charge is -2.15. The van der Waals surface area contributed by atoms with Crippen molar-refractivity contribution in [1.82, 2.24) is 4.31 Å². The molecule has 0 bridgehead atoms. The summed E-state index contributed by atoms with van der Waals surface area (Å²) in [7, 11) is 1.71. The van der Waals surface area contributed by atoms with Gasteiger partial charge in [0, 0.05) is 14.1 Å². The zero-order chi connectivity index (χ0) is 13.9. The van der Waals surface area contributed by atoms with Gasteiger partial charge in [0.25, 0.3) is 0 Å². The molecule has 0 radical (unpaired) electrons. The maximum absolute atomic E-state index is 12.1. The maximum atomic E-state index is 12.1. The highest BCUT2D eigenvalue weighted by atomic mass is 32.2. The molecule has 0 aliphatic heterocycles. The molecule has 0 spiro atoms. The molecule has 0 aromatic heterocycles. The average molecular weight is 273 g/mol. The van der Waals surface area contributed by atoms with E-state index in [1.165, 1.54) is 46.5 Å². The fourth-order valence-corrected chi connectivity index (χ4v) is 2.39. The molecule has 1 rings (SSSR count). The quantitative estimate of drug-likeness (QED) is 0.756. The van der Waals surface area contributed by atoms with Crippen LogP contribution in [0.3, 0.4) is 0 Å². The topological polar surface area (TPSA) is 72.9 Å². The van der Waals surface area contributed by atoms with Gasteiger partial charge in [0.15, 0.2) is 0 Å². The molecule has 0 aliphatic carbocycles. The van der Waals surface area contributed by atoms with Gasteiger partial charge in [-0.1, -0.05) is 0 Å². The normalized spacial score (nSPS) is 11.4. The van der Waals surface area contributed by atoms with Gasteiger partial charge < -0.3 is 9.47 Å². The minimum Gasteiger partial charge on any atom is -0.495 e. The second-order valence-corrected chi connectivity index (χ2v) is 5.76. The minimum absolute atomic E-state index is 0.0714. The number of carbonyl (C=O) groups is 1. The molecule has 0 saturated carbocycles. The van der Waals surface area contributed by atoms with E-state index in [9.17, 15) is 13.2 Å². The molecule has 0 N–H and O–H groups in total. The van der Waals surface area contributed by atoms with Gasteiger partial charge in [-0.05, 0) is 18.2 Å². The zero-order valence-corrected chi connectivity index (χ0v) is 11.4. The number of hydrogen-bond acceptors (Lipinski definition) is 5. The molecular formula is C11H15NO5S. The number of ether oxygens (including phenoxy) is 2. The van der Waals surface area contributed by atoms with Gasteiger partial charge in [-0.25, -0.2) is 17.5 Å². The second-order valence-electron chi connectivity index (χ2n) is 3.64. The van der Waals surface area contributed by atoms with E-state index in [0.717, 1.165) is 4.31 Å². The number of rotatable bonds is 4. The van der Waals surface area contributed by atoms with Crippen LogP contribution in [-0.4, -0.2) is 47.0 Å². The van der Waals surface area contributed by atoms with Gasteiger partial charge in [-0.2, -0.15) is 0 Å². The van der Waals surface area contributed by atoms with E-state index in [4.69, 9.17) is 4.74 Å². The predicted molar refractivity (Wildman–Crippen MR) is 65.2 cm³/mol. The molecule has 0 fully saturated rings. The fraction of sp³-hybridized carbons (Fsp3) is 0.364. The first-order valence-electron chi connectivity index (χ1n) is 5.03. The Morgan fingerprint density at radius 1 is 1.22 bits per heavy atom. The summed E-state index contributed by atoms with van der Waals surface area (Å²) >= 11 is 0. The SMILES string of the molecule is COC(=O)c1ccc(OC)c(S(=O)(=O)N(C)C)c1. The Morgan fingerprint density at radius 3 is 2.28 bits per heavy atom. The largest absolute Gasteiger partial charge is 0.495 e. The highest BCUT2D eigenvalue weighted by molar-refractivity contribution is 7.89. The standard InChI is InChI=1S/C11H15NO5S/c1-12(2)18(14,15)10-7-8(11(13)17-4)5-6-9(10)16-3/h5-7H,1-4H3. The molecule has 100 valence electrons. The number of sulfonamides is 1. The molecule has 6 nitrogen and oxygen atoms in total. The third-order valence-electron chi connectivity index (χ3n) is 2.34. The molecule has 1 aromatic carbocycles. The van der Waals surface area contributed by atoms with Crippen molar-refractivity contribution in [3.8, 4) is 5.75 Å². The molecule has 0 unspecified atom stereocenters. The number of carbonyl (C=O) groups excluding carboxylic acids is 1. The van der Waals surface area contributed by atoms with E-state index in [0.29, 0.717) is 0 Å². The summed E-state index contributed by atoms with van der Waals surface area (Å²) < 4.78 is 34.7. The van der Waals surface area contributed by atoms with Crippen molar-refractivity contribution in [3.63, 3.8) is 0 Å². The molecule has 18 heavy (non-hydrogen) atoms. The molecule has 0 atom stereocenters. The van der Waals surface area contributed by atoms with Crippen molar-refractivity contribution in [2.24, 2.45) is 0 Å². The monoisotopic (exact) mass is 273 g/mol. The number of hydrogen-bond donors (Lipinski definition) is 0. The van der Waals surface area contributed by atoms with Gasteiger partial charge in [0.05, 0.1) is 19.8 Å². The molecule has 1 aromatic rings. The van der Waals surface area contributed by atoms with Crippen molar-refractivity contribution in [1.29, 1.82) is 0 Å². The van der Waals surface area contributed by atoms with Crippen molar-refractivity contribution in [2.75, 3.05) is 28.3 Å². The Labute approximate surface area is 106 Å². The Hall–Kier alpha value is -1.60. The van der Waals surface area contributed by atoms with Crippen LogP contribution in [0, 0.1) is 0 Å². The van der Waals surface area contributed by atoms with Crippen LogP contribution < -0.4 is 4.74 Å². The first kappa shape index (κ1) is 14.5. The van der Waals surface area contributed by atoms with Gasteiger partial charge in [-0.3, -0.25) is 0 Å². The maximum Gasteiger partial charge on any atom is 0.337 e. The van der Waals surface area contributed by atoms with Gasteiger partial charge >= 0.3 is 5.97 Å². The van der Waals surface area contributed by atoms with E-state index in [2.05, 4.69) is 4.74 Å². The van der Waals surface area contributed by atoms with Crippen LogP contribution in [-0.2, 0) is 14.8 Å². The molecule has 0 amide bonds. The van der Waals surface area contributed by atoms with Crippen LogP contribution in [0.2, 0.25) is 0 Å². The summed E-state index contributed by atoms with van der Waals surface area (Å²) in [6, 6.07) is 4.10. The summed E-state index contributed by atoms with van der Waals surface area (Å²) in [5, 5.41) is 0. The molecule has 0 heterocycles. The number of esters is 1. The third kappa shape index (κ3) is 2.62. The number of nitrogens with zero attached hydrogens (tertiary/aromatic N) is 1. The highest BCUT2D eigenvalue weighted by Gasteiger charge is 2.23. The van der Waals surface area contributed by atoms with Crippen molar-refractivity contribution in [2.45, 2.75) is 4.90 Å². The van der Waals surface area contributed by atoms with E-state index < -0.39 is 16.0 Å². The lowest BCUT2D eigenvalue weighted by atomic mass is 10.2. The highest BCUT2D eigenvalue weighted by Crippen LogP contribution is 2.27. The van der Waals surface area contributed by atoms with Crippen molar-refractivity contribution < 1.29 is 22.7 Å². The number of methoxy groups -OCH3 is 2. The first-order chi connectivity index (χ1) is 8.34. The molecule has 0 saturated heterocycles. The van der Waals surface area contributed by atoms with Gasteiger partial charge in [0.1, 0.15) is 10.6 Å². The molecular weight excluding hydrogens is 258 g/mol. The van der Waals surface area contributed by atoms with Crippen LogP contribution >= 0.6 is 0 Å². The number of benzene rings is 1. The van der Waals surface area contributed by atoms with Crippen LogP contribution in [0.4, 0.5) is 0 Å². The third-order valence-corrected chi connectivity index (χ3v) is 4.18. The van der Waals surface area contributed by atoms with Crippen LogP contribution in [0.1, 0.15) is 10.4 Å². The Balaban J connectivity index is 3.45. The fourth-order valence-electron chi connectivity index (χ4n) is 1.32. The van der Waals surface area contributed by atoms with E-state index in [1.54, 1.807) is 0 Å². The zero-order valence-electron chi connectivity index (χ0n) is 10.6. The average Bonchev–Trinajstić information content (AvgIpc) is 2.36.